The summed E-state index contributed by atoms with van der Waals surface area (Å²) in [6.07, 6.45) is 7.61. The molecule has 1 unspecified atom stereocenters. The van der Waals surface area contributed by atoms with Crippen LogP contribution in [0.3, 0.4) is 0 Å². The average molecular weight is 356 g/mol. The first-order valence-corrected chi connectivity index (χ1v) is 9.76. The Morgan fingerprint density at radius 3 is 2.19 bits per heavy atom. The van der Waals surface area contributed by atoms with Crippen LogP contribution in [0.25, 0.3) is 0 Å². The number of carbonyl (C=O) groups excluding carboxylic acids is 2. The molecule has 0 radical (unpaired) electrons. The first-order chi connectivity index (χ1) is 12.3. The van der Waals surface area contributed by atoms with Crippen LogP contribution in [-0.4, -0.2) is 23.0 Å². The number of amides is 2. The second kappa shape index (κ2) is 6.29. The summed E-state index contributed by atoms with van der Waals surface area (Å²) in [6, 6.07) is 4.95. The van der Waals surface area contributed by atoms with Gasteiger partial charge in [0.1, 0.15) is 5.75 Å². The fourth-order valence-corrected chi connectivity index (χ4v) is 6.05. The lowest BCUT2D eigenvalue weighted by molar-refractivity contribution is -0.138. The fourth-order valence-electron chi connectivity index (χ4n) is 6.05. The van der Waals surface area contributed by atoms with Gasteiger partial charge in [-0.2, -0.15) is 0 Å². The maximum atomic E-state index is 12.4. The smallest absolute Gasteiger partial charge is 0.313 e. The summed E-state index contributed by atoms with van der Waals surface area (Å²) in [5.41, 5.74) is 1.31. The third-order valence-corrected chi connectivity index (χ3v) is 6.96. The third kappa shape index (κ3) is 3.08. The predicted octanol–water partition coefficient (Wildman–Crippen LogP) is 3.36. The lowest BCUT2D eigenvalue weighted by Gasteiger charge is -2.59. The molecule has 140 valence electrons. The van der Waals surface area contributed by atoms with Gasteiger partial charge in [-0.15, -0.1) is 0 Å². The van der Waals surface area contributed by atoms with Crippen molar-refractivity contribution in [1.29, 1.82) is 0 Å². The van der Waals surface area contributed by atoms with Crippen molar-refractivity contribution in [2.75, 3.05) is 5.32 Å². The molecule has 2 amide bonds. The number of hydrogen-bond donors (Lipinski definition) is 3. The molecule has 5 heteroatoms. The van der Waals surface area contributed by atoms with Gasteiger partial charge in [0.2, 0.25) is 0 Å². The molecule has 4 saturated carbocycles. The number of carbonyl (C=O) groups is 2. The zero-order valence-corrected chi connectivity index (χ0v) is 15.5. The zero-order valence-electron chi connectivity index (χ0n) is 15.5. The van der Waals surface area contributed by atoms with Gasteiger partial charge in [-0.1, -0.05) is 6.07 Å². The number of benzene rings is 1. The van der Waals surface area contributed by atoms with Crippen LogP contribution in [-0.2, 0) is 9.59 Å². The second-order valence-corrected chi connectivity index (χ2v) is 8.95. The van der Waals surface area contributed by atoms with Crippen LogP contribution in [0.1, 0.15) is 51.0 Å². The van der Waals surface area contributed by atoms with Gasteiger partial charge in [-0.3, -0.25) is 9.59 Å². The van der Waals surface area contributed by atoms with Gasteiger partial charge >= 0.3 is 11.8 Å². The molecule has 26 heavy (non-hydrogen) atoms. The van der Waals surface area contributed by atoms with Crippen LogP contribution in [0.5, 0.6) is 5.75 Å². The summed E-state index contributed by atoms with van der Waals surface area (Å²) in [4.78, 5) is 24.7. The minimum Gasteiger partial charge on any atom is -0.506 e. The average Bonchev–Trinajstić information content (AvgIpc) is 2.56. The van der Waals surface area contributed by atoms with Crippen molar-refractivity contribution in [3.63, 3.8) is 0 Å². The van der Waals surface area contributed by atoms with E-state index in [0.29, 0.717) is 0 Å². The molecule has 3 N–H and O–H groups in total. The van der Waals surface area contributed by atoms with E-state index in [1.54, 1.807) is 18.2 Å². The topological polar surface area (TPSA) is 78.4 Å². The zero-order chi connectivity index (χ0) is 18.5. The van der Waals surface area contributed by atoms with Gasteiger partial charge in [0.15, 0.2) is 0 Å². The Labute approximate surface area is 154 Å². The molecule has 4 fully saturated rings. The van der Waals surface area contributed by atoms with Gasteiger partial charge < -0.3 is 15.7 Å². The van der Waals surface area contributed by atoms with Crippen LogP contribution >= 0.6 is 0 Å². The molecule has 0 aliphatic heterocycles. The van der Waals surface area contributed by atoms with Crippen LogP contribution in [0.15, 0.2) is 18.2 Å². The van der Waals surface area contributed by atoms with Crippen molar-refractivity contribution in [1.82, 2.24) is 5.32 Å². The predicted molar refractivity (Wildman–Crippen MR) is 99.7 cm³/mol. The van der Waals surface area contributed by atoms with Crippen molar-refractivity contribution < 1.29 is 14.7 Å². The van der Waals surface area contributed by atoms with E-state index in [1.807, 2.05) is 6.92 Å². The molecule has 4 bridgehead atoms. The van der Waals surface area contributed by atoms with Gasteiger partial charge in [-0.25, -0.2) is 0 Å². The van der Waals surface area contributed by atoms with Crippen LogP contribution in [0, 0.1) is 30.1 Å². The summed E-state index contributed by atoms with van der Waals surface area (Å²) in [5.74, 6) is 1.05. The molecule has 5 nitrogen and oxygen atoms in total. The molecule has 0 aromatic heterocycles. The Kier molecular flexibility index (Phi) is 4.20. The summed E-state index contributed by atoms with van der Waals surface area (Å²) in [7, 11) is 0. The van der Waals surface area contributed by atoms with Crippen molar-refractivity contribution >= 4 is 17.5 Å². The normalized spacial score (nSPS) is 32.9. The van der Waals surface area contributed by atoms with E-state index in [4.69, 9.17) is 0 Å². The van der Waals surface area contributed by atoms with E-state index in [2.05, 4.69) is 17.6 Å². The van der Waals surface area contributed by atoms with E-state index in [-0.39, 0.29) is 22.9 Å². The maximum absolute atomic E-state index is 12.4. The number of aryl methyl sites for hydroxylation is 1. The highest BCUT2D eigenvalue weighted by Crippen LogP contribution is 2.61. The Morgan fingerprint density at radius 2 is 1.65 bits per heavy atom. The summed E-state index contributed by atoms with van der Waals surface area (Å²) < 4.78 is 0. The second-order valence-electron chi connectivity index (χ2n) is 8.95. The lowest BCUT2D eigenvalue weighted by atomic mass is 9.48. The quantitative estimate of drug-likeness (QED) is 0.574. The number of hydrogen-bond acceptors (Lipinski definition) is 3. The molecule has 4 aliphatic carbocycles. The Balaban J connectivity index is 1.40. The number of anilines is 1. The molecule has 1 aromatic carbocycles. The SMILES string of the molecule is Cc1ccc(NC(=O)C(=O)NC(C)C23CC4CC(CC(C4)C2)C3)c(O)c1. The van der Waals surface area contributed by atoms with Crippen molar-refractivity contribution in [3.05, 3.63) is 23.8 Å². The number of phenolic OH excluding ortho intramolecular Hbond substituents is 1. The molecule has 0 spiro atoms. The monoisotopic (exact) mass is 356 g/mol. The highest BCUT2D eigenvalue weighted by atomic mass is 16.3. The molecule has 0 saturated heterocycles. The standard InChI is InChI=1S/C21H28N2O3/c1-12-3-4-17(18(24)5-12)23-20(26)19(25)22-13(2)21-9-14-6-15(10-21)8-16(7-14)11-21/h3-5,13-16,24H,6-11H2,1-2H3,(H,22,25)(H,23,26). The number of phenols is 1. The largest absolute Gasteiger partial charge is 0.506 e. The van der Waals surface area contributed by atoms with Crippen molar-refractivity contribution in [2.24, 2.45) is 23.2 Å². The summed E-state index contributed by atoms with van der Waals surface area (Å²) in [6.45, 7) is 3.91. The van der Waals surface area contributed by atoms with E-state index >= 15 is 0 Å². The molecule has 1 aromatic rings. The molecular formula is C21H28N2O3. The molecule has 0 heterocycles. The molecule has 4 aliphatic rings. The molecule has 1 atom stereocenters. The van der Waals surface area contributed by atoms with Gasteiger partial charge in [0, 0.05) is 6.04 Å². The Hall–Kier alpha value is -2.04. The van der Waals surface area contributed by atoms with E-state index < -0.39 is 11.8 Å². The summed E-state index contributed by atoms with van der Waals surface area (Å²) in [5, 5.41) is 15.4. The lowest BCUT2D eigenvalue weighted by Crippen LogP contribution is -2.57. The first-order valence-electron chi connectivity index (χ1n) is 9.76. The minimum atomic E-state index is -0.722. The Morgan fingerprint density at radius 1 is 1.08 bits per heavy atom. The van der Waals surface area contributed by atoms with Gasteiger partial charge in [0.25, 0.3) is 0 Å². The number of rotatable bonds is 3. The van der Waals surface area contributed by atoms with Crippen LogP contribution in [0.4, 0.5) is 5.69 Å². The van der Waals surface area contributed by atoms with E-state index in [0.717, 1.165) is 23.3 Å². The summed E-state index contributed by atoms with van der Waals surface area (Å²) >= 11 is 0. The van der Waals surface area contributed by atoms with Crippen molar-refractivity contribution in [3.8, 4) is 5.75 Å². The minimum absolute atomic E-state index is 0.000708. The Bertz CT molecular complexity index is 707. The maximum Gasteiger partial charge on any atom is 0.313 e. The fraction of sp³-hybridized carbons (Fsp3) is 0.619. The van der Waals surface area contributed by atoms with Crippen molar-refractivity contribution in [2.45, 2.75) is 58.4 Å². The van der Waals surface area contributed by atoms with Gasteiger partial charge in [-0.05, 0) is 93.2 Å². The van der Waals surface area contributed by atoms with Gasteiger partial charge in [0.05, 0.1) is 5.69 Å². The number of aromatic hydroxyl groups is 1. The molecule has 5 rings (SSSR count). The number of nitrogens with one attached hydrogen (secondary N) is 2. The first kappa shape index (κ1) is 17.4. The highest BCUT2D eigenvalue weighted by Gasteiger charge is 2.53. The van der Waals surface area contributed by atoms with E-state index in [9.17, 15) is 14.7 Å². The van der Waals surface area contributed by atoms with E-state index in [1.165, 1.54) is 38.5 Å². The van der Waals surface area contributed by atoms with Crippen LogP contribution < -0.4 is 10.6 Å². The molecular weight excluding hydrogens is 328 g/mol. The highest BCUT2D eigenvalue weighted by molar-refractivity contribution is 6.39. The third-order valence-electron chi connectivity index (χ3n) is 6.96. The van der Waals surface area contributed by atoms with Crippen LogP contribution in [0.2, 0.25) is 0 Å².